The van der Waals surface area contributed by atoms with Gasteiger partial charge in [-0.25, -0.2) is 0 Å². The number of rotatable bonds is 3. The number of hydrogen-bond acceptors (Lipinski definition) is 3. The number of benzene rings is 1. The zero-order chi connectivity index (χ0) is 9.97. The first-order valence-corrected chi connectivity index (χ1v) is 4.71. The highest BCUT2D eigenvalue weighted by Gasteiger charge is 2.14. The van der Waals surface area contributed by atoms with E-state index < -0.39 is 0 Å². The Bertz CT molecular complexity index is 358. The lowest BCUT2D eigenvalue weighted by atomic mass is 10.0. The van der Waals surface area contributed by atoms with Gasteiger partial charge in [-0.2, -0.15) is 0 Å². The van der Waals surface area contributed by atoms with E-state index in [4.69, 9.17) is 9.84 Å². The van der Waals surface area contributed by atoms with Crippen LogP contribution < -0.4 is 4.74 Å². The smallest absolute Gasteiger partial charge is 0.165 e. The number of hydrogen-bond donors (Lipinski definition) is 1. The molecule has 14 heavy (non-hydrogen) atoms. The van der Waals surface area contributed by atoms with Gasteiger partial charge < -0.3 is 9.84 Å². The van der Waals surface area contributed by atoms with Crippen LogP contribution in [0.25, 0.3) is 0 Å². The second-order valence-electron chi connectivity index (χ2n) is 3.32. The highest BCUT2D eigenvalue weighted by Crippen LogP contribution is 2.26. The predicted molar refractivity (Wildman–Crippen MR) is 51.7 cm³/mol. The van der Waals surface area contributed by atoms with Crippen LogP contribution in [0.1, 0.15) is 22.3 Å². The van der Waals surface area contributed by atoms with Gasteiger partial charge in [0.25, 0.3) is 0 Å². The molecule has 3 nitrogen and oxygen atoms in total. The van der Waals surface area contributed by atoms with Gasteiger partial charge in [-0.1, -0.05) is 0 Å². The Hall–Kier alpha value is -1.35. The molecule has 0 bridgehead atoms. The quantitative estimate of drug-likeness (QED) is 0.731. The summed E-state index contributed by atoms with van der Waals surface area (Å²) in [6, 6.07) is 5.44. The van der Waals surface area contributed by atoms with Crippen LogP contribution in [0.2, 0.25) is 0 Å². The van der Waals surface area contributed by atoms with Gasteiger partial charge >= 0.3 is 0 Å². The molecule has 1 heterocycles. The van der Waals surface area contributed by atoms with Crippen molar-refractivity contribution in [2.75, 3.05) is 13.2 Å². The fraction of sp³-hybridized carbons (Fsp3) is 0.364. The van der Waals surface area contributed by atoms with Crippen molar-refractivity contribution < 1.29 is 14.6 Å². The van der Waals surface area contributed by atoms with Crippen LogP contribution in [0.3, 0.4) is 0 Å². The summed E-state index contributed by atoms with van der Waals surface area (Å²) in [5.41, 5.74) is 1.76. The lowest BCUT2D eigenvalue weighted by molar-refractivity contribution is 0.0956. The van der Waals surface area contributed by atoms with Crippen LogP contribution in [0.4, 0.5) is 0 Å². The van der Waals surface area contributed by atoms with Crippen LogP contribution >= 0.6 is 0 Å². The van der Waals surface area contributed by atoms with E-state index in [1.807, 2.05) is 12.1 Å². The summed E-state index contributed by atoms with van der Waals surface area (Å²) in [5.74, 6) is 0.868. The van der Waals surface area contributed by atoms with Crippen molar-refractivity contribution in [3.63, 3.8) is 0 Å². The molecular weight excluding hydrogens is 180 g/mol. The number of ether oxygens (including phenoxy) is 1. The van der Waals surface area contributed by atoms with Gasteiger partial charge in [0.1, 0.15) is 5.75 Å². The standard InChI is InChI=1S/C11H12O3/c12-5-3-10(13)8-1-2-11-9(7-8)4-6-14-11/h1-2,7,12H,3-6H2. The van der Waals surface area contributed by atoms with Crippen LogP contribution in [-0.4, -0.2) is 24.1 Å². The Morgan fingerprint density at radius 2 is 2.36 bits per heavy atom. The molecule has 1 aliphatic heterocycles. The molecule has 0 spiro atoms. The number of aliphatic hydroxyl groups is 1. The normalized spacial score (nSPS) is 13.5. The molecule has 1 aliphatic rings. The Kier molecular flexibility index (Phi) is 2.50. The fourth-order valence-corrected chi connectivity index (χ4v) is 1.61. The topological polar surface area (TPSA) is 46.5 Å². The van der Waals surface area contributed by atoms with E-state index in [1.54, 1.807) is 6.07 Å². The average molecular weight is 192 g/mol. The fourth-order valence-electron chi connectivity index (χ4n) is 1.61. The lowest BCUT2D eigenvalue weighted by Gasteiger charge is -2.02. The zero-order valence-electron chi connectivity index (χ0n) is 7.82. The third kappa shape index (κ3) is 1.63. The summed E-state index contributed by atoms with van der Waals surface area (Å²) in [4.78, 5) is 11.4. The third-order valence-corrected chi connectivity index (χ3v) is 2.35. The molecule has 0 unspecified atom stereocenters. The van der Waals surface area contributed by atoms with Crippen LogP contribution in [0, 0.1) is 0 Å². The molecule has 0 saturated carbocycles. The minimum atomic E-state index is -0.0909. The van der Waals surface area contributed by atoms with E-state index in [-0.39, 0.29) is 18.8 Å². The summed E-state index contributed by atoms with van der Waals surface area (Å²) >= 11 is 0. The average Bonchev–Trinajstić information content (AvgIpc) is 2.64. The molecule has 0 aliphatic carbocycles. The van der Waals surface area contributed by atoms with Crippen molar-refractivity contribution in [3.8, 4) is 5.75 Å². The first-order chi connectivity index (χ1) is 6.81. The molecule has 74 valence electrons. The van der Waals surface area contributed by atoms with Crippen molar-refractivity contribution in [2.24, 2.45) is 0 Å². The second-order valence-corrected chi connectivity index (χ2v) is 3.32. The molecule has 1 aromatic rings. The van der Waals surface area contributed by atoms with Crippen molar-refractivity contribution in [2.45, 2.75) is 12.8 Å². The molecule has 0 fully saturated rings. The molecule has 0 radical (unpaired) electrons. The van der Waals surface area contributed by atoms with Crippen LogP contribution in [0.5, 0.6) is 5.75 Å². The minimum Gasteiger partial charge on any atom is -0.493 e. The van der Waals surface area contributed by atoms with Gasteiger partial charge in [-0.05, 0) is 23.8 Å². The van der Waals surface area contributed by atoms with Gasteiger partial charge in [-0.15, -0.1) is 0 Å². The minimum absolute atomic E-state index is 0.0119. The van der Waals surface area contributed by atoms with Crippen molar-refractivity contribution >= 4 is 5.78 Å². The Balaban J connectivity index is 2.24. The van der Waals surface area contributed by atoms with Gasteiger partial charge in [0.2, 0.25) is 0 Å². The van der Waals surface area contributed by atoms with Gasteiger partial charge in [0, 0.05) is 18.4 Å². The molecule has 0 amide bonds. The highest BCUT2D eigenvalue weighted by atomic mass is 16.5. The summed E-state index contributed by atoms with van der Waals surface area (Å²) in [6.07, 6.45) is 1.06. The third-order valence-electron chi connectivity index (χ3n) is 2.35. The van der Waals surface area contributed by atoms with Gasteiger partial charge in [-0.3, -0.25) is 4.79 Å². The van der Waals surface area contributed by atoms with Crippen molar-refractivity contribution in [1.82, 2.24) is 0 Å². The molecule has 1 aromatic carbocycles. The van der Waals surface area contributed by atoms with E-state index in [9.17, 15) is 4.79 Å². The second kappa shape index (κ2) is 3.80. The first-order valence-electron chi connectivity index (χ1n) is 4.71. The van der Waals surface area contributed by atoms with Gasteiger partial charge in [0.15, 0.2) is 5.78 Å². The molecular formula is C11H12O3. The number of aliphatic hydroxyl groups excluding tert-OH is 1. The Morgan fingerprint density at radius 1 is 1.50 bits per heavy atom. The van der Waals surface area contributed by atoms with Crippen molar-refractivity contribution in [3.05, 3.63) is 29.3 Å². The number of ketones is 1. The number of carbonyl (C=O) groups excluding carboxylic acids is 1. The molecule has 0 atom stereocenters. The predicted octanol–water partition coefficient (Wildman–Crippen LogP) is 1.19. The van der Waals surface area contributed by atoms with Gasteiger partial charge in [0.05, 0.1) is 13.2 Å². The molecule has 0 saturated heterocycles. The molecule has 2 rings (SSSR count). The van der Waals surface area contributed by atoms with E-state index in [1.165, 1.54) is 0 Å². The molecule has 1 N–H and O–H groups in total. The zero-order valence-corrected chi connectivity index (χ0v) is 7.82. The highest BCUT2D eigenvalue weighted by molar-refractivity contribution is 5.96. The van der Waals surface area contributed by atoms with Crippen LogP contribution in [-0.2, 0) is 6.42 Å². The van der Waals surface area contributed by atoms with Crippen molar-refractivity contribution in [1.29, 1.82) is 0 Å². The van der Waals surface area contributed by atoms with Crippen LogP contribution in [0.15, 0.2) is 18.2 Å². The number of Topliss-reactive ketones (excluding diaryl/α,β-unsaturated/α-hetero) is 1. The molecule has 3 heteroatoms. The molecule has 0 aromatic heterocycles. The first kappa shape index (κ1) is 9.21. The summed E-state index contributed by atoms with van der Waals surface area (Å²) in [7, 11) is 0. The monoisotopic (exact) mass is 192 g/mol. The SMILES string of the molecule is O=C(CCO)c1ccc2c(c1)CCO2. The van der Waals surface area contributed by atoms with E-state index in [0.717, 1.165) is 17.7 Å². The number of carbonyl (C=O) groups is 1. The summed E-state index contributed by atoms with van der Waals surface area (Å²) in [5, 5.41) is 8.65. The largest absolute Gasteiger partial charge is 0.493 e. The Morgan fingerprint density at radius 3 is 3.14 bits per heavy atom. The van der Waals surface area contributed by atoms with E-state index in [0.29, 0.717) is 12.2 Å². The maximum absolute atomic E-state index is 11.4. The maximum atomic E-state index is 11.4. The Labute approximate surface area is 82.3 Å². The summed E-state index contributed by atoms with van der Waals surface area (Å²) in [6.45, 7) is 0.611. The van der Waals surface area contributed by atoms with E-state index >= 15 is 0 Å². The van der Waals surface area contributed by atoms with E-state index in [2.05, 4.69) is 0 Å². The lowest BCUT2D eigenvalue weighted by Crippen LogP contribution is -2.01. The summed E-state index contributed by atoms with van der Waals surface area (Å²) < 4.78 is 5.33. The number of fused-ring (bicyclic) bond motifs is 1. The maximum Gasteiger partial charge on any atom is 0.165 e.